The van der Waals surface area contributed by atoms with Gasteiger partial charge in [-0.1, -0.05) is 22.3 Å². The second-order valence-electron chi connectivity index (χ2n) is 1.45. The van der Waals surface area contributed by atoms with Gasteiger partial charge in [-0.3, -0.25) is 19.9 Å². The Labute approximate surface area is 98.3 Å². The van der Waals surface area contributed by atoms with Crippen molar-refractivity contribution in [2.45, 2.75) is 22.3 Å². The second kappa shape index (κ2) is 12.0. The molecular formula is C5H20N4O5S2. The SMILES string of the molecule is C.C.C.N=C(N)S(=O)(=O)O.N=C(N)S(=O)O. The van der Waals surface area contributed by atoms with E-state index in [2.05, 4.69) is 11.5 Å². The summed E-state index contributed by atoms with van der Waals surface area (Å²) in [4.78, 5) is 0. The van der Waals surface area contributed by atoms with Gasteiger partial charge in [0.1, 0.15) is 0 Å². The lowest BCUT2D eigenvalue weighted by atomic mass is 11.4. The van der Waals surface area contributed by atoms with Crippen LogP contribution in [0.3, 0.4) is 0 Å². The van der Waals surface area contributed by atoms with Gasteiger partial charge < -0.3 is 11.5 Å². The quantitative estimate of drug-likeness (QED) is 0.153. The summed E-state index contributed by atoms with van der Waals surface area (Å²) in [7, 11) is -4.38. The third-order valence-corrected chi connectivity index (χ3v) is 1.40. The molecule has 0 amide bonds. The number of nitrogens with two attached hydrogens (primary N) is 2. The van der Waals surface area contributed by atoms with Crippen LogP contribution in [0, 0.1) is 10.8 Å². The summed E-state index contributed by atoms with van der Waals surface area (Å²) in [6.45, 7) is 0. The van der Waals surface area contributed by atoms with Crippen LogP contribution in [0.15, 0.2) is 0 Å². The molecule has 0 radical (unpaired) electrons. The highest BCUT2D eigenvalue weighted by atomic mass is 32.2. The summed E-state index contributed by atoms with van der Waals surface area (Å²) in [5.74, 6) is 0. The summed E-state index contributed by atoms with van der Waals surface area (Å²) >= 11 is -2.26. The Morgan fingerprint density at radius 3 is 1.25 bits per heavy atom. The van der Waals surface area contributed by atoms with Crippen molar-refractivity contribution in [3.63, 3.8) is 0 Å². The van der Waals surface area contributed by atoms with Crippen molar-refractivity contribution < 1.29 is 21.7 Å². The van der Waals surface area contributed by atoms with E-state index >= 15 is 0 Å². The zero-order chi connectivity index (χ0) is 11.2. The van der Waals surface area contributed by atoms with Crippen LogP contribution >= 0.6 is 0 Å². The molecule has 0 bridgehead atoms. The largest absolute Gasteiger partial charge is 0.375 e. The zero-order valence-electron chi connectivity index (χ0n) is 6.09. The fourth-order valence-corrected chi connectivity index (χ4v) is 0. The molecule has 0 heterocycles. The van der Waals surface area contributed by atoms with Gasteiger partial charge in [0.15, 0.2) is 0 Å². The fourth-order valence-electron chi connectivity index (χ4n) is 0. The highest BCUT2D eigenvalue weighted by Gasteiger charge is 2.05. The molecule has 0 saturated carbocycles. The maximum Gasteiger partial charge on any atom is 0.327 e. The number of rotatable bonds is 0. The average molecular weight is 280 g/mol. The van der Waals surface area contributed by atoms with Crippen LogP contribution in [0.5, 0.6) is 0 Å². The molecule has 0 spiro atoms. The topological polar surface area (TPSA) is 191 Å². The standard InChI is InChI=1S/CH4N2O3S.CH4N2O2S.3CH4/c2-1(3)7(4,5)6;2-1(3)6(4)5;;;/h(H3,2,3)(H,4,5,6);(H3,2,3)(H,4,5);3*1H4. The normalized spacial score (nSPS) is 9.88. The number of hydrogen-bond donors (Lipinski definition) is 6. The van der Waals surface area contributed by atoms with E-state index in [1.807, 2.05) is 0 Å². The summed E-state index contributed by atoms with van der Waals surface area (Å²) in [6.07, 6.45) is 0. The first kappa shape index (κ1) is 29.4. The molecule has 0 saturated heterocycles. The first-order chi connectivity index (χ1) is 5.59. The molecule has 0 aromatic rings. The molecule has 16 heavy (non-hydrogen) atoms. The summed E-state index contributed by atoms with van der Waals surface area (Å²) < 4.78 is 44.0. The van der Waals surface area contributed by atoms with E-state index in [0.717, 1.165) is 0 Å². The van der Waals surface area contributed by atoms with E-state index in [-0.39, 0.29) is 22.3 Å². The summed E-state index contributed by atoms with van der Waals surface area (Å²) in [5.41, 5.74) is 8.78. The number of amidine groups is 2. The molecule has 0 aliphatic carbocycles. The van der Waals surface area contributed by atoms with Gasteiger partial charge in [-0.2, -0.15) is 8.42 Å². The van der Waals surface area contributed by atoms with Crippen molar-refractivity contribution >= 4 is 31.5 Å². The van der Waals surface area contributed by atoms with Crippen molar-refractivity contribution in [2.75, 3.05) is 0 Å². The second-order valence-corrected chi connectivity index (χ2v) is 3.78. The molecule has 102 valence electrons. The molecule has 8 N–H and O–H groups in total. The first-order valence-corrected chi connectivity index (χ1v) is 4.90. The number of hydrogen-bond acceptors (Lipinski definition) is 5. The molecule has 9 nitrogen and oxygen atoms in total. The van der Waals surface area contributed by atoms with E-state index in [1.54, 1.807) is 0 Å². The van der Waals surface area contributed by atoms with Gasteiger partial charge >= 0.3 is 10.1 Å². The third kappa shape index (κ3) is 23.1. The minimum atomic E-state index is -4.38. The smallest absolute Gasteiger partial charge is 0.327 e. The predicted octanol–water partition coefficient (Wildman–Crippen LogP) is -0.222. The molecule has 0 aromatic heterocycles. The third-order valence-electron chi connectivity index (χ3n) is 0.466. The molecule has 0 aliphatic heterocycles. The minimum Gasteiger partial charge on any atom is -0.375 e. The van der Waals surface area contributed by atoms with Gasteiger partial charge in [-0.15, -0.1) is 0 Å². The van der Waals surface area contributed by atoms with Crippen LogP contribution in [0.1, 0.15) is 22.3 Å². The Balaban J connectivity index is -0.0000000428. The van der Waals surface area contributed by atoms with E-state index in [4.69, 9.17) is 19.9 Å². The molecule has 0 aliphatic rings. The summed E-state index contributed by atoms with van der Waals surface area (Å²) in [6, 6.07) is 0. The van der Waals surface area contributed by atoms with Crippen molar-refractivity contribution in [1.82, 2.24) is 0 Å². The molecule has 0 aromatic carbocycles. The fraction of sp³-hybridized carbons (Fsp3) is 0.600. The first-order valence-electron chi connectivity index (χ1n) is 2.35. The highest BCUT2D eigenvalue weighted by Crippen LogP contribution is 1.73. The Morgan fingerprint density at radius 2 is 1.25 bits per heavy atom. The van der Waals surface area contributed by atoms with E-state index in [1.165, 1.54) is 0 Å². The van der Waals surface area contributed by atoms with Crippen LogP contribution in [0.25, 0.3) is 0 Å². The molecule has 0 fully saturated rings. The van der Waals surface area contributed by atoms with Crippen molar-refractivity contribution in [3.05, 3.63) is 0 Å². The van der Waals surface area contributed by atoms with E-state index < -0.39 is 31.5 Å². The lowest BCUT2D eigenvalue weighted by Crippen LogP contribution is -2.21. The Morgan fingerprint density at radius 1 is 1.12 bits per heavy atom. The molecular weight excluding hydrogens is 260 g/mol. The molecule has 1 atom stereocenters. The lowest BCUT2D eigenvalue weighted by molar-refractivity contribution is 0.497. The van der Waals surface area contributed by atoms with Crippen molar-refractivity contribution in [2.24, 2.45) is 11.5 Å². The Kier molecular flexibility index (Phi) is 22.1. The van der Waals surface area contributed by atoms with Crippen molar-refractivity contribution in [1.29, 1.82) is 10.8 Å². The van der Waals surface area contributed by atoms with Gasteiger partial charge in [0.25, 0.3) is 0 Å². The van der Waals surface area contributed by atoms with Gasteiger partial charge in [-0.25, -0.2) is 4.21 Å². The number of nitrogens with one attached hydrogen (secondary N) is 2. The van der Waals surface area contributed by atoms with Crippen LogP contribution < -0.4 is 11.5 Å². The van der Waals surface area contributed by atoms with Gasteiger partial charge in [0.05, 0.1) is 0 Å². The lowest BCUT2D eigenvalue weighted by Gasteiger charge is -1.84. The highest BCUT2D eigenvalue weighted by molar-refractivity contribution is 8.01. The van der Waals surface area contributed by atoms with Crippen LogP contribution in [0.4, 0.5) is 0 Å². The van der Waals surface area contributed by atoms with Gasteiger partial charge in [0, 0.05) is 0 Å². The molecule has 0 rings (SSSR count). The van der Waals surface area contributed by atoms with Gasteiger partial charge in [0.2, 0.25) is 21.4 Å². The minimum absolute atomic E-state index is 0. The van der Waals surface area contributed by atoms with E-state index in [9.17, 15) is 12.6 Å². The zero-order valence-corrected chi connectivity index (χ0v) is 7.72. The molecule has 1 unspecified atom stereocenters. The molecule has 11 heteroatoms. The maximum absolute atomic E-state index is 9.54. The maximum atomic E-state index is 9.54. The van der Waals surface area contributed by atoms with Gasteiger partial charge in [-0.05, 0) is 0 Å². The predicted molar refractivity (Wildman–Crippen MR) is 66.3 cm³/mol. The van der Waals surface area contributed by atoms with Crippen molar-refractivity contribution in [3.8, 4) is 0 Å². The van der Waals surface area contributed by atoms with Crippen LogP contribution in [0.2, 0.25) is 0 Å². The average Bonchev–Trinajstić information content (AvgIpc) is 1.86. The van der Waals surface area contributed by atoms with Crippen LogP contribution in [-0.4, -0.2) is 32.1 Å². The Bertz CT molecular complexity index is 314. The van der Waals surface area contributed by atoms with E-state index in [0.29, 0.717) is 0 Å². The monoisotopic (exact) mass is 280 g/mol. The van der Waals surface area contributed by atoms with Crippen LogP contribution in [-0.2, 0) is 21.2 Å². The summed E-state index contributed by atoms with van der Waals surface area (Å²) in [5, 5.41) is 10.3. The Hall–Kier alpha value is -1.04.